The summed E-state index contributed by atoms with van der Waals surface area (Å²) in [6.45, 7) is 1.73. The van der Waals surface area contributed by atoms with Crippen LogP contribution in [0, 0.1) is 5.41 Å². The number of nitrogen functional groups attached to an aromatic ring is 1. The van der Waals surface area contributed by atoms with Gasteiger partial charge in [0, 0.05) is 35.3 Å². The zero-order valence-electron chi connectivity index (χ0n) is 11.1. The predicted octanol–water partition coefficient (Wildman–Crippen LogP) is 2.39. The van der Waals surface area contributed by atoms with E-state index in [0.717, 1.165) is 48.7 Å². The second kappa shape index (κ2) is 6.82. The third-order valence-electron chi connectivity index (χ3n) is 3.23. The van der Waals surface area contributed by atoms with E-state index in [4.69, 9.17) is 20.6 Å². The number of thioether (sulfide) groups is 1. The van der Waals surface area contributed by atoms with Gasteiger partial charge in [0.25, 0.3) is 0 Å². The Morgan fingerprint density at radius 2 is 2.21 bits per heavy atom. The largest absolute Gasteiger partial charge is 0.496 e. The molecule has 1 heterocycles. The predicted molar refractivity (Wildman–Crippen MR) is 79.1 cm³/mol. The second-order valence-electron chi connectivity index (χ2n) is 4.56. The van der Waals surface area contributed by atoms with Crippen LogP contribution in [0.1, 0.15) is 24.0 Å². The molecule has 1 saturated heterocycles. The molecule has 0 saturated carbocycles. The molecular weight excluding hydrogens is 260 g/mol. The number of hydrogen-bond acceptors (Lipinski definition) is 4. The van der Waals surface area contributed by atoms with Gasteiger partial charge in [-0.1, -0.05) is 0 Å². The number of ether oxygens (including phenoxy) is 2. The topological polar surface area (TPSA) is 68.3 Å². The van der Waals surface area contributed by atoms with Gasteiger partial charge in [-0.05, 0) is 31.0 Å². The van der Waals surface area contributed by atoms with Crippen LogP contribution < -0.4 is 10.5 Å². The first kappa shape index (κ1) is 14.2. The Hall–Kier alpha value is -1.20. The Labute approximate surface area is 118 Å². The summed E-state index contributed by atoms with van der Waals surface area (Å²) in [5.41, 5.74) is 7.39. The molecule has 0 radical (unpaired) electrons. The van der Waals surface area contributed by atoms with Gasteiger partial charge in [-0.3, -0.25) is 5.41 Å². The normalized spacial score (nSPS) is 16.3. The third kappa shape index (κ3) is 3.88. The van der Waals surface area contributed by atoms with Gasteiger partial charge in [0.2, 0.25) is 0 Å². The highest BCUT2D eigenvalue weighted by molar-refractivity contribution is 7.99. The summed E-state index contributed by atoms with van der Waals surface area (Å²) >= 11 is 1.93. The molecule has 0 aliphatic carbocycles. The fraction of sp³-hybridized carbons (Fsp3) is 0.500. The molecule has 0 aromatic heterocycles. The van der Waals surface area contributed by atoms with Crippen molar-refractivity contribution in [2.45, 2.75) is 23.8 Å². The van der Waals surface area contributed by atoms with E-state index in [9.17, 15) is 0 Å². The first-order valence-electron chi connectivity index (χ1n) is 6.41. The van der Waals surface area contributed by atoms with Crippen LogP contribution in [0.2, 0.25) is 0 Å². The summed E-state index contributed by atoms with van der Waals surface area (Å²) in [5, 5.41) is 8.15. The molecule has 1 aliphatic rings. The zero-order chi connectivity index (χ0) is 13.7. The Morgan fingerprint density at radius 3 is 2.84 bits per heavy atom. The molecule has 0 amide bonds. The van der Waals surface area contributed by atoms with E-state index in [0.29, 0.717) is 5.25 Å². The molecule has 2 rings (SSSR count). The minimum absolute atomic E-state index is 0.0972. The summed E-state index contributed by atoms with van der Waals surface area (Å²) in [7, 11) is 1.67. The highest BCUT2D eigenvalue weighted by atomic mass is 32.2. The quantitative estimate of drug-likeness (QED) is 0.642. The van der Waals surface area contributed by atoms with E-state index in [1.165, 1.54) is 0 Å². The molecule has 4 nitrogen and oxygen atoms in total. The Morgan fingerprint density at radius 1 is 1.47 bits per heavy atom. The van der Waals surface area contributed by atoms with Crippen LogP contribution in [0.3, 0.4) is 0 Å². The molecule has 0 unspecified atom stereocenters. The molecule has 0 spiro atoms. The Bertz CT molecular complexity index is 445. The second-order valence-corrected chi connectivity index (χ2v) is 5.85. The van der Waals surface area contributed by atoms with Gasteiger partial charge in [-0.2, -0.15) is 11.8 Å². The average molecular weight is 280 g/mol. The van der Waals surface area contributed by atoms with Crippen molar-refractivity contribution in [1.82, 2.24) is 0 Å². The van der Waals surface area contributed by atoms with Gasteiger partial charge in [-0.25, -0.2) is 0 Å². The molecule has 1 aliphatic heterocycles. The fourth-order valence-corrected chi connectivity index (χ4v) is 3.28. The smallest absolute Gasteiger partial charge is 0.122 e. The number of nitrogens with one attached hydrogen (secondary N) is 1. The Kier molecular flexibility index (Phi) is 5.10. The highest BCUT2D eigenvalue weighted by Crippen LogP contribution is 2.30. The van der Waals surface area contributed by atoms with Crippen LogP contribution in [0.25, 0.3) is 0 Å². The van der Waals surface area contributed by atoms with Crippen molar-refractivity contribution in [3.8, 4) is 5.75 Å². The van der Waals surface area contributed by atoms with E-state index in [1.807, 2.05) is 30.0 Å². The average Bonchev–Trinajstić information content (AvgIpc) is 2.45. The lowest BCUT2D eigenvalue weighted by Crippen LogP contribution is -2.17. The van der Waals surface area contributed by atoms with Crippen LogP contribution in [0.5, 0.6) is 5.75 Å². The molecule has 1 fully saturated rings. The summed E-state index contributed by atoms with van der Waals surface area (Å²) in [6, 6.07) is 5.66. The first-order chi connectivity index (χ1) is 9.20. The van der Waals surface area contributed by atoms with Gasteiger partial charge in [0.05, 0.1) is 7.11 Å². The summed E-state index contributed by atoms with van der Waals surface area (Å²) in [6.07, 6.45) is 2.22. The lowest BCUT2D eigenvalue weighted by molar-refractivity contribution is 0.1000. The number of hydrogen-bond donors (Lipinski definition) is 2. The number of methoxy groups -OCH3 is 1. The van der Waals surface area contributed by atoms with Crippen molar-refractivity contribution in [2.24, 2.45) is 5.73 Å². The first-order valence-corrected chi connectivity index (χ1v) is 7.46. The van der Waals surface area contributed by atoms with E-state index >= 15 is 0 Å². The lowest BCUT2D eigenvalue weighted by atomic mass is 10.1. The Balaban J connectivity index is 2.04. The van der Waals surface area contributed by atoms with Crippen LogP contribution in [-0.2, 0) is 10.5 Å². The van der Waals surface area contributed by atoms with Crippen molar-refractivity contribution >= 4 is 17.6 Å². The maximum Gasteiger partial charge on any atom is 0.122 e. The minimum Gasteiger partial charge on any atom is -0.496 e. The third-order valence-corrected chi connectivity index (χ3v) is 4.65. The summed E-state index contributed by atoms with van der Waals surface area (Å²) in [5.74, 6) is 1.85. The number of rotatable bonds is 5. The molecule has 19 heavy (non-hydrogen) atoms. The molecule has 0 bridgehead atoms. The van der Waals surface area contributed by atoms with E-state index < -0.39 is 0 Å². The molecule has 1 aromatic carbocycles. The maximum absolute atomic E-state index is 7.50. The monoisotopic (exact) mass is 280 g/mol. The van der Waals surface area contributed by atoms with Crippen LogP contribution >= 0.6 is 11.8 Å². The number of nitrogens with two attached hydrogens (primary N) is 1. The lowest BCUT2D eigenvalue weighted by Gasteiger charge is -2.22. The molecule has 1 aromatic rings. The van der Waals surface area contributed by atoms with E-state index in [-0.39, 0.29) is 5.84 Å². The zero-order valence-corrected chi connectivity index (χ0v) is 12.0. The molecule has 0 atom stereocenters. The number of benzene rings is 1. The summed E-state index contributed by atoms with van der Waals surface area (Å²) in [4.78, 5) is 0. The van der Waals surface area contributed by atoms with Crippen molar-refractivity contribution < 1.29 is 9.47 Å². The molecule has 104 valence electrons. The maximum atomic E-state index is 7.50. The van der Waals surface area contributed by atoms with Crippen LogP contribution in [-0.4, -0.2) is 31.4 Å². The standard InChI is InChI=1S/C14H20N2O2S/c1-17-13-3-2-10(14(15)16)8-11(13)9-19-12-4-6-18-7-5-12/h2-3,8,12H,4-7,9H2,1H3,(H3,15,16). The molecule has 5 heteroatoms. The summed E-state index contributed by atoms with van der Waals surface area (Å²) < 4.78 is 10.7. The number of amidine groups is 1. The van der Waals surface area contributed by atoms with Crippen molar-refractivity contribution in [3.05, 3.63) is 29.3 Å². The van der Waals surface area contributed by atoms with E-state index in [1.54, 1.807) is 7.11 Å². The minimum atomic E-state index is 0.0972. The van der Waals surface area contributed by atoms with Gasteiger partial charge < -0.3 is 15.2 Å². The fourth-order valence-electron chi connectivity index (χ4n) is 2.11. The van der Waals surface area contributed by atoms with Crippen molar-refractivity contribution in [3.63, 3.8) is 0 Å². The van der Waals surface area contributed by atoms with Gasteiger partial charge in [0.15, 0.2) is 0 Å². The van der Waals surface area contributed by atoms with Crippen LogP contribution in [0.4, 0.5) is 0 Å². The van der Waals surface area contributed by atoms with Gasteiger partial charge in [-0.15, -0.1) is 0 Å². The molecule has 3 N–H and O–H groups in total. The van der Waals surface area contributed by atoms with Crippen LogP contribution in [0.15, 0.2) is 18.2 Å². The van der Waals surface area contributed by atoms with E-state index in [2.05, 4.69) is 0 Å². The van der Waals surface area contributed by atoms with Gasteiger partial charge >= 0.3 is 0 Å². The van der Waals surface area contributed by atoms with Crippen molar-refractivity contribution in [2.75, 3.05) is 20.3 Å². The SMILES string of the molecule is COc1ccc(C(=N)N)cc1CSC1CCOCC1. The van der Waals surface area contributed by atoms with Crippen molar-refractivity contribution in [1.29, 1.82) is 5.41 Å². The van der Waals surface area contributed by atoms with Gasteiger partial charge in [0.1, 0.15) is 11.6 Å². The molecular formula is C14H20N2O2S. The highest BCUT2D eigenvalue weighted by Gasteiger charge is 2.15.